The average molecular weight is 264 g/mol. The minimum absolute atomic E-state index is 0.0339. The summed E-state index contributed by atoms with van der Waals surface area (Å²) in [5.74, 6) is -0.322. The minimum atomic E-state index is -0.952. The molecule has 0 bridgehead atoms. The SMILES string of the molecule is CCCOc1cc(C)c(C(=O)CCC(=O)O)c(C)c1. The van der Waals surface area contributed by atoms with Gasteiger partial charge in [-0.1, -0.05) is 6.92 Å². The molecule has 0 unspecified atom stereocenters. The van der Waals surface area contributed by atoms with Crippen molar-refractivity contribution < 1.29 is 19.4 Å². The van der Waals surface area contributed by atoms with Crippen LogP contribution in [0.5, 0.6) is 5.75 Å². The number of carboxylic acid groups (broad SMARTS) is 1. The second-order valence-corrected chi connectivity index (χ2v) is 4.60. The van der Waals surface area contributed by atoms with Crippen molar-refractivity contribution in [3.05, 3.63) is 28.8 Å². The van der Waals surface area contributed by atoms with Gasteiger partial charge in [-0.05, 0) is 43.5 Å². The lowest BCUT2D eigenvalue weighted by Crippen LogP contribution is -2.08. The second-order valence-electron chi connectivity index (χ2n) is 4.60. The van der Waals surface area contributed by atoms with E-state index in [9.17, 15) is 9.59 Å². The number of carboxylic acids is 1. The molecule has 104 valence electrons. The van der Waals surface area contributed by atoms with Crippen molar-refractivity contribution in [2.75, 3.05) is 6.61 Å². The van der Waals surface area contributed by atoms with Crippen molar-refractivity contribution >= 4 is 11.8 Å². The molecule has 19 heavy (non-hydrogen) atoms. The summed E-state index contributed by atoms with van der Waals surface area (Å²) >= 11 is 0. The lowest BCUT2D eigenvalue weighted by atomic mass is 9.96. The number of carbonyl (C=O) groups excluding carboxylic acids is 1. The normalized spacial score (nSPS) is 10.3. The Hall–Kier alpha value is -1.84. The third-order valence-corrected chi connectivity index (χ3v) is 2.82. The van der Waals surface area contributed by atoms with Gasteiger partial charge in [-0.3, -0.25) is 9.59 Å². The highest BCUT2D eigenvalue weighted by atomic mass is 16.5. The fourth-order valence-electron chi connectivity index (χ4n) is 2.01. The van der Waals surface area contributed by atoms with Crippen LogP contribution in [-0.2, 0) is 4.79 Å². The van der Waals surface area contributed by atoms with Crippen LogP contribution in [0.25, 0.3) is 0 Å². The first-order valence-electron chi connectivity index (χ1n) is 6.44. The van der Waals surface area contributed by atoms with E-state index < -0.39 is 5.97 Å². The molecule has 0 fully saturated rings. The molecule has 0 aliphatic rings. The number of rotatable bonds is 7. The zero-order valence-electron chi connectivity index (χ0n) is 11.7. The summed E-state index contributed by atoms with van der Waals surface area (Å²) in [4.78, 5) is 22.5. The lowest BCUT2D eigenvalue weighted by Gasteiger charge is -2.12. The Morgan fingerprint density at radius 3 is 2.21 bits per heavy atom. The standard InChI is InChI=1S/C15H20O4/c1-4-7-19-12-8-10(2)15(11(3)9-12)13(16)5-6-14(17)18/h8-9H,4-7H2,1-3H3,(H,17,18). The number of hydrogen-bond donors (Lipinski definition) is 1. The molecule has 0 atom stereocenters. The molecule has 0 amide bonds. The zero-order valence-corrected chi connectivity index (χ0v) is 11.7. The summed E-state index contributed by atoms with van der Waals surface area (Å²) in [6, 6.07) is 3.66. The monoisotopic (exact) mass is 264 g/mol. The summed E-state index contributed by atoms with van der Waals surface area (Å²) in [6.07, 6.45) is 0.829. The van der Waals surface area contributed by atoms with E-state index in [1.807, 2.05) is 32.9 Å². The zero-order chi connectivity index (χ0) is 14.4. The van der Waals surface area contributed by atoms with E-state index in [4.69, 9.17) is 9.84 Å². The van der Waals surface area contributed by atoms with Crippen LogP contribution in [0.3, 0.4) is 0 Å². The summed E-state index contributed by atoms with van der Waals surface area (Å²) in [5, 5.41) is 8.62. The van der Waals surface area contributed by atoms with E-state index in [0.717, 1.165) is 23.3 Å². The van der Waals surface area contributed by atoms with Crippen molar-refractivity contribution in [3.63, 3.8) is 0 Å². The fourth-order valence-corrected chi connectivity index (χ4v) is 2.01. The number of carbonyl (C=O) groups is 2. The number of benzene rings is 1. The van der Waals surface area contributed by atoms with Crippen molar-refractivity contribution in [1.29, 1.82) is 0 Å². The molecular formula is C15H20O4. The van der Waals surface area contributed by atoms with Crippen LogP contribution in [0.4, 0.5) is 0 Å². The van der Waals surface area contributed by atoms with E-state index in [-0.39, 0.29) is 18.6 Å². The third kappa shape index (κ3) is 4.39. The summed E-state index contributed by atoms with van der Waals surface area (Å²) < 4.78 is 5.54. The van der Waals surface area contributed by atoms with Crippen LogP contribution >= 0.6 is 0 Å². The molecule has 4 nitrogen and oxygen atoms in total. The molecule has 0 saturated heterocycles. The van der Waals surface area contributed by atoms with Gasteiger partial charge < -0.3 is 9.84 Å². The Labute approximate surface area is 113 Å². The molecule has 0 aliphatic heterocycles. The summed E-state index contributed by atoms with van der Waals surface area (Å²) in [7, 11) is 0. The van der Waals surface area contributed by atoms with Crippen LogP contribution in [0.1, 0.15) is 47.7 Å². The first-order valence-corrected chi connectivity index (χ1v) is 6.44. The Bertz CT molecular complexity index is 454. The van der Waals surface area contributed by atoms with Gasteiger partial charge in [-0.15, -0.1) is 0 Å². The van der Waals surface area contributed by atoms with E-state index >= 15 is 0 Å². The predicted octanol–water partition coefficient (Wildman–Crippen LogP) is 3.14. The molecule has 0 radical (unpaired) electrons. The third-order valence-electron chi connectivity index (χ3n) is 2.82. The van der Waals surface area contributed by atoms with Crippen LogP contribution in [-0.4, -0.2) is 23.5 Å². The predicted molar refractivity (Wildman–Crippen MR) is 72.9 cm³/mol. The summed E-state index contributed by atoms with van der Waals surface area (Å²) in [5.41, 5.74) is 2.29. The first kappa shape index (κ1) is 15.2. The van der Waals surface area contributed by atoms with Gasteiger partial charge in [0.25, 0.3) is 0 Å². The highest BCUT2D eigenvalue weighted by Gasteiger charge is 2.15. The van der Waals surface area contributed by atoms with Crippen molar-refractivity contribution in [2.24, 2.45) is 0 Å². The van der Waals surface area contributed by atoms with E-state index in [1.165, 1.54) is 0 Å². The van der Waals surface area contributed by atoms with E-state index in [2.05, 4.69) is 0 Å². The maximum absolute atomic E-state index is 12.0. The second kappa shape index (κ2) is 6.92. The molecule has 1 aromatic rings. The molecule has 0 aliphatic carbocycles. The van der Waals surface area contributed by atoms with Crippen molar-refractivity contribution in [2.45, 2.75) is 40.0 Å². The topological polar surface area (TPSA) is 63.6 Å². The molecule has 1 rings (SSSR count). The molecule has 0 heterocycles. The van der Waals surface area contributed by atoms with Gasteiger partial charge in [-0.25, -0.2) is 0 Å². The molecular weight excluding hydrogens is 244 g/mol. The van der Waals surface area contributed by atoms with Crippen LogP contribution in [0.15, 0.2) is 12.1 Å². The summed E-state index contributed by atoms with van der Waals surface area (Å²) in [6.45, 7) is 6.37. The molecule has 4 heteroatoms. The molecule has 1 aromatic carbocycles. The number of aryl methyl sites for hydroxylation is 2. The largest absolute Gasteiger partial charge is 0.494 e. The number of hydrogen-bond acceptors (Lipinski definition) is 3. The smallest absolute Gasteiger partial charge is 0.303 e. The molecule has 0 saturated carbocycles. The number of aliphatic carboxylic acids is 1. The van der Waals surface area contributed by atoms with Gasteiger partial charge in [0, 0.05) is 12.0 Å². The maximum Gasteiger partial charge on any atom is 0.303 e. The molecule has 1 N–H and O–H groups in total. The number of ketones is 1. The van der Waals surface area contributed by atoms with E-state index in [1.54, 1.807) is 0 Å². The molecule has 0 spiro atoms. The quantitative estimate of drug-likeness (QED) is 0.768. The Balaban J connectivity index is 2.90. The fraction of sp³-hybridized carbons (Fsp3) is 0.467. The molecule has 0 aromatic heterocycles. The number of Topliss-reactive ketones (excluding diaryl/α,β-unsaturated/α-hetero) is 1. The number of ether oxygens (including phenoxy) is 1. The van der Waals surface area contributed by atoms with Crippen LogP contribution in [0.2, 0.25) is 0 Å². The van der Waals surface area contributed by atoms with Gasteiger partial charge >= 0.3 is 5.97 Å². The van der Waals surface area contributed by atoms with Gasteiger partial charge in [0.1, 0.15) is 5.75 Å². The van der Waals surface area contributed by atoms with Crippen LogP contribution in [0, 0.1) is 13.8 Å². The Morgan fingerprint density at radius 1 is 1.16 bits per heavy atom. The highest BCUT2D eigenvalue weighted by Crippen LogP contribution is 2.23. The maximum atomic E-state index is 12.0. The first-order chi connectivity index (χ1) is 8.95. The highest BCUT2D eigenvalue weighted by molar-refractivity contribution is 6.00. The van der Waals surface area contributed by atoms with Crippen molar-refractivity contribution in [3.8, 4) is 5.75 Å². The Kier molecular flexibility index (Phi) is 5.55. The minimum Gasteiger partial charge on any atom is -0.494 e. The van der Waals surface area contributed by atoms with Crippen LogP contribution < -0.4 is 4.74 Å². The van der Waals surface area contributed by atoms with Gasteiger partial charge in [0.2, 0.25) is 0 Å². The van der Waals surface area contributed by atoms with Gasteiger partial charge in [0.05, 0.1) is 13.0 Å². The van der Waals surface area contributed by atoms with Gasteiger partial charge in [-0.2, -0.15) is 0 Å². The Morgan fingerprint density at radius 2 is 1.74 bits per heavy atom. The van der Waals surface area contributed by atoms with Gasteiger partial charge in [0.15, 0.2) is 5.78 Å². The van der Waals surface area contributed by atoms with E-state index in [0.29, 0.717) is 12.2 Å². The lowest BCUT2D eigenvalue weighted by molar-refractivity contribution is -0.136. The van der Waals surface area contributed by atoms with Crippen molar-refractivity contribution in [1.82, 2.24) is 0 Å². The average Bonchev–Trinajstić information content (AvgIpc) is 2.33.